The number of aromatic nitrogens is 2. The predicted molar refractivity (Wildman–Crippen MR) is 66.7 cm³/mol. The van der Waals surface area contributed by atoms with Gasteiger partial charge >= 0.3 is 12.1 Å². The number of rotatable bonds is 3. The lowest BCUT2D eigenvalue weighted by Gasteiger charge is -2.12. The fourth-order valence-corrected chi connectivity index (χ4v) is 1.89. The number of halogens is 4. The summed E-state index contributed by atoms with van der Waals surface area (Å²) >= 11 is 0. The van der Waals surface area contributed by atoms with Crippen molar-refractivity contribution < 1.29 is 32.2 Å². The Balaban J connectivity index is 2.56. The van der Waals surface area contributed by atoms with Gasteiger partial charge in [0.15, 0.2) is 0 Å². The highest BCUT2D eigenvalue weighted by molar-refractivity contribution is 5.91. The third-order valence-electron chi connectivity index (χ3n) is 2.74. The molecule has 0 spiro atoms. The Morgan fingerprint density at radius 2 is 2.09 bits per heavy atom. The molecule has 5 nitrogen and oxygen atoms in total. The Morgan fingerprint density at radius 1 is 1.41 bits per heavy atom. The number of hydrogen-bond donors (Lipinski definition) is 1. The zero-order valence-corrected chi connectivity index (χ0v) is 11.2. The fourth-order valence-electron chi connectivity index (χ4n) is 1.89. The second kappa shape index (κ2) is 5.66. The highest BCUT2D eigenvalue weighted by Gasteiger charge is 2.30. The van der Waals surface area contributed by atoms with Crippen LogP contribution in [0.5, 0.6) is 5.75 Å². The van der Waals surface area contributed by atoms with Gasteiger partial charge in [0.1, 0.15) is 23.8 Å². The van der Waals surface area contributed by atoms with Gasteiger partial charge in [-0.05, 0) is 6.07 Å². The third kappa shape index (κ3) is 3.35. The first kappa shape index (κ1) is 15.8. The Labute approximate surface area is 121 Å². The van der Waals surface area contributed by atoms with Crippen LogP contribution in [-0.2, 0) is 11.3 Å². The minimum absolute atomic E-state index is 0.146. The van der Waals surface area contributed by atoms with Crippen molar-refractivity contribution in [1.29, 1.82) is 0 Å². The minimum atomic E-state index is -4.56. The average molecular weight is 318 g/mol. The van der Waals surface area contributed by atoms with Gasteiger partial charge in [-0.15, -0.1) is 0 Å². The molecule has 0 radical (unpaired) electrons. The Hall–Kier alpha value is -2.58. The molecular formula is C13H10F4N2O3. The van der Waals surface area contributed by atoms with Gasteiger partial charge in [0.05, 0.1) is 24.6 Å². The smallest absolute Gasteiger partial charge is 0.406 e. The van der Waals surface area contributed by atoms with Gasteiger partial charge in [0.2, 0.25) is 0 Å². The molecule has 2 rings (SSSR count). The molecule has 0 bridgehead atoms. The number of ether oxygens (including phenoxy) is 1. The van der Waals surface area contributed by atoms with Crippen LogP contribution in [0.1, 0.15) is 10.4 Å². The molecular weight excluding hydrogens is 308 g/mol. The zero-order valence-electron chi connectivity index (χ0n) is 11.2. The van der Waals surface area contributed by atoms with Crippen LogP contribution in [0.2, 0.25) is 0 Å². The first-order chi connectivity index (χ1) is 10.2. The van der Waals surface area contributed by atoms with Crippen LogP contribution in [0.15, 0.2) is 24.5 Å². The summed E-state index contributed by atoms with van der Waals surface area (Å²) in [5.74, 6) is -2.33. The molecule has 0 amide bonds. The van der Waals surface area contributed by atoms with Crippen molar-refractivity contribution in [2.45, 2.75) is 12.7 Å². The second-order valence-corrected chi connectivity index (χ2v) is 4.37. The summed E-state index contributed by atoms with van der Waals surface area (Å²) < 4.78 is 55.9. The summed E-state index contributed by atoms with van der Waals surface area (Å²) in [6.45, 7) is -1.40. The molecule has 0 aliphatic heterocycles. The van der Waals surface area contributed by atoms with Gasteiger partial charge in [-0.2, -0.15) is 13.2 Å². The maximum absolute atomic E-state index is 12.9. The van der Waals surface area contributed by atoms with Gasteiger partial charge < -0.3 is 14.4 Å². The van der Waals surface area contributed by atoms with Crippen LogP contribution >= 0.6 is 0 Å². The molecule has 118 valence electrons. The van der Waals surface area contributed by atoms with E-state index < -0.39 is 30.3 Å². The quantitative estimate of drug-likeness (QED) is 0.698. The maximum atomic E-state index is 12.9. The topological polar surface area (TPSA) is 64.3 Å². The fraction of sp³-hybridized carbons (Fsp3) is 0.231. The summed E-state index contributed by atoms with van der Waals surface area (Å²) in [5.41, 5.74) is -0.608. The van der Waals surface area contributed by atoms with Crippen LogP contribution in [0.3, 0.4) is 0 Å². The maximum Gasteiger partial charge on any atom is 0.406 e. The van der Waals surface area contributed by atoms with Gasteiger partial charge in [-0.25, -0.2) is 14.2 Å². The lowest BCUT2D eigenvalue weighted by atomic mass is 10.2. The van der Waals surface area contributed by atoms with E-state index in [9.17, 15) is 27.5 Å². The Bertz CT molecular complexity index is 710. The molecule has 0 aromatic carbocycles. The largest absolute Gasteiger partial charge is 0.505 e. The summed E-state index contributed by atoms with van der Waals surface area (Å²) in [5, 5.41) is 9.66. The van der Waals surface area contributed by atoms with Crippen molar-refractivity contribution in [1.82, 2.24) is 9.55 Å². The van der Waals surface area contributed by atoms with Crippen molar-refractivity contribution in [3.63, 3.8) is 0 Å². The van der Waals surface area contributed by atoms with Gasteiger partial charge in [0.25, 0.3) is 0 Å². The molecule has 9 heteroatoms. The number of carbonyl (C=O) groups is 1. The van der Waals surface area contributed by atoms with Gasteiger partial charge in [0, 0.05) is 12.3 Å². The molecule has 2 aromatic rings. The van der Waals surface area contributed by atoms with E-state index >= 15 is 0 Å². The average Bonchev–Trinajstić information content (AvgIpc) is 2.79. The number of esters is 1. The first-order valence-corrected chi connectivity index (χ1v) is 5.91. The molecule has 0 atom stereocenters. The van der Waals surface area contributed by atoms with Crippen LogP contribution < -0.4 is 0 Å². The zero-order chi connectivity index (χ0) is 16.5. The highest BCUT2D eigenvalue weighted by atomic mass is 19.4. The van der Waals surface area contributed by atoms with Gasteiger partial charge in [-0.1, -0.05) is 0 Å². The van der Waals surface area contributed by atoms with Crippen molar-refractivity contribution in [3.05, 3.63) is 35.9 Å². The van der Waals surface area contributed by atoms with Crippen molar-refractivity contribution in [3.8, 4) is 17.1 Å². The van der Waals surface area contributed by atoms with Crippen molar-refractivity contribution >= 4 is 5.97 Å². The second-order valence-electron chi connectivity index (χ2n) is 4.37. The monoisotopic (exact) mass is 318 g/mol. The lowest BCUT2D eigenvalue weighted by molar-refractivity contribution is -0.140. The summed E-state index contributed by atoms with van der Waals surface area (Å²) in [7, 11) is 1.08. The molecule has 2 heterocycles. The number of alkyl halides is 3. The molecule has 0 saturated carbocycles. The molecule has 0 aliphatic carbocycles. The number of aromatic hydroxyl groups is 1. The van der Waals surface area contributed by atoms with Crippen LogP contribution in [0.4, 0.5) is 17.6 Å². The van der Waals surface area contributed by atoms with E-state index in [0.717, 1.165) is 25.6 Å². The standard InChI is InChI=1S/C13H10F4N2O3/c1-22-12(21)7-2-9(19(5-7)6-13(15,16)17)11-10(20)3-8(14)4-18-11/h2-5,20H,6H2,1H3. The minimum Gasteiger partial charge on any atom is -0.505 e. The van der Waals surface area contributed by atoms with E-state index in [-0.39, 0.29) is 17.0 Å². The molecule has 0 fully saturated rings. The number of pyridine rings is 1. The summed E-state index contributed by atoms with van der Waals surface area (Å²) in [6, 6.07) is 1.79. The number of carbonyl (C=O) groups excluding carboxylic acids is 1. The normalized spacial score (nSPS) is 11.5. The van der Waals surface area contributed by atoms with Crippen molar-refractivity contribution in [2.75, 3.05) is 7.11 Å². The number of methoxy groups -OCH3 is 1. The summed E-state index contributed by atoms with van der Waals surface area (Å²) in [4.78, 5) is 15.0. The molecule has 22 heavy (non-hydrogen) atoms. The lowest BCUT2D eigenvalue weighted by Crippen LogP contribution is -2.18. The van der Waals surface area contributed by atoms with E-state index in [4.69, 9.17) is 0 Å². The molecule has 2 aromatic heterocycles. The SMILES string of the molecule is COC(=O)c1cc(-c2ncc(F)cc2O)n(CC(F)(F)F)c1. The van der Waals surface area contributed by atoms with E-state index in [1.54, 1.807) is 0 Å². The summed E-state index contributed by atoms with van der Waals surface area (Å²) in [6.07, 6.45) is -2.88. The van der Waals surface area contributed by atoms with E-state index in [0.29, 0.717) is 10.6 Å². The predicted octanol–water partition coefficient (Wildman–Crippen LogP) is 2.74. The number of nitrogens with zero attached hydrogens (tertiary/aromatic N) is 2. The van der Waals surface area contributed by atoms with E-state index in [1.165, 1.54) is 0 Å². The molecule has 1 N–H and O–H groups in total. The van der Waals surface area contributed by atoms with Crippen LogP contribution in [0, 0.1) is 5.82 Å². The third-order valence-corrected chi connectivity index (χ3v) is 2.74. The Morgan fingerprint density at radius 3 is 2.64 bits per heavy atom. The Kier molecular flexibility index (Phi) is 4.07. The van der Waals surface area contributed by atoms with Gasteiger partial charge in [-0.3, -0.25) is 0 Å². The van der Waals surface area contributed by atoms with Crippen LogP contribution in [-0.4, -0.2) is 33.9 Å². The molecule has 0 unspecified atom stereocenters. The number of hydrogen-bond acceptors (Lipinski definition) is 4. The van der Waals surface area contributed by atoms with E-state index in [2.05, 4.69) is 9.72 Å². The first-order valence-electron chi connectivity index (χ1n) is 5.91. The van der Waals surface area contributed by atoms with Crippen molar-refractivity contribution in [2.24, 2.45) is 0 Å². The van der Waals surface area contributed by atoms with Crippen LogP contribution in [0.25, 0.3) is 11.4 Å². The molecule has 0 saturated heterocycles. The molecule has 0 aliphatic rings. The highest BCUT2D eigenvalue weighted by Crippen LogP contribution is 2.31. The van der Waals surface area contributed by atoms with E-state index in [1.807, 2.05) is 0 Å².